The highest BCUT2D eigenvalue weighted by Gasteiger charge is 2.17. The highest BCUT2D eigenvalue weighted by Crippen LogP contribution is 2.09. The molecule has 0 aliphatic carbocycles. The number of carbonyl (C=O) groups excluding carboxylic acids is 2. The monoisotopic (exact) mass is 344 g/mol. The summed E-state index contributed by atoms with van der Waals surface area (Å²) >= 11 is 0. The summed E-state index contributed by atoms with van der Waals surface area (Å²) in [5.41, 5.74) is 0.782. The maximum Gasteiger partial charge on any atom is 0.274 e. The lowest BCUT2D eigenvalue weighted by atomic mass is 10.2. The van der Waals surface area contributed by atoms with Gasteiger partial charge in [0.15, 0.2) is 0 Å². The zero-order valence-corrected chi connectivity index (χ0v) is 14.1. The van der Waals surface area contributed by atoms with Gasteiger partial charge in [-0.05, 0) is 30.7 Å². The first-order valence-electron chi connectivity index (χ1n) is 8.21. The number of nitrogens with zero attached hydrogens (tertiary/aromatic N) is 3. The van der Waals surface area contributed by atoms with Crippen molar-refractivity contribution in [2.75, 3.05) is 18.4 Å². The number of nitrogens with one attached hydrogen (secondary N) is 1. The number of carbonyl (C=O) groups is 2. The number of unbranched alkanes of at least 4 members (excludes halogenated alkanes) is 1. The van der Waals surface area contributed by atoms with Gasteiger partial charge < -0.3 is 10.2 Å². The van der Waals surface area contributed by atoms with E-state index in [9.17, 15) is 14.0 Å². The number of amides is 2. The molecule has 2 aromatic rings. The minimum atomic E-state index is -0.363. The predicted molar refractivity (Wildman–Crippen MR) is 92.5 cm³/mol. The van der Waals surface area contributed by atoms with E-state index in [0.29, 0.717) is 12.2 Å². The topological polar surface area (TPSA) is 75.2 Å². The summed E-state index contributed by atoms with van der Waals surface area (Å²) in [4.78, 5) is 34.1. The van der Waals surface area contributed by atoms with E-state index in [-0.39, 0.29) is 36.3 Å². The summed E-state index contributed by atoms with van der Waals surface area (Å²) in [5.74, 6) is -0.838. The van der Waals surface area contributed by atoms with E-state index >= 15 is 0 Å². The van der Waals surface area contributed by atoms with Crippen LogP contribution in [-0.2, 0) is 4.79 Å². The van der Waals surface area contributed by atoms with Crippen molar-refractivity contribution in [3.8, 4) is 0 Å². The quantitative estimate of drug-likeness (QED) is 0.799. The zero-order valence-electron chi connectivity index (χ0n) is 14.1. The Balaban J connectivity index is 1.93. The normalized spacial score (nSPS) is 10.3. The molecule has 6 nitrogen and oxygen atoms in total. The van der Waals surface area contributed by atoms with Crippen LogP contribution in [0.5, 0.6) is 0 Å². The molecule has 25 heavy (non-hydrogen) atoms. The van der Waals surface area contributed by atoms with Crippen LogP contribution in [-0.4, -0.2) is 39.8 Å². The summed E-state index contributed by atoms with van der Waals surface area (Å²) in [6, 6.07) is 5.54. The third-order valence-electron chi connectivity index (χ3n) is 3.59. The third kappa shape index (κ3) is 5.95. The van der Waals surface area contributed by atoms with Gasteiger partial charge in [-0.1, -0.05) is 13.3 Å². The van der Waals surface area contributed by atoms with Gasteiger partial charge >= 0.3 is 0 Å². The molecule has 0 saturated heterocycles. The lowest BCUT2D eigenvalue weighted by Crippen LogP contribution is -2.35. The summed E-state index contributed by atoms with van der Waals surface area (Å²) in [5, 5.41) is 2.69. The first-order valence-corrected chi connectivity index (χ1v) is 8.21. The van der Waals surface area contributed by atoms with Gasteiger partial charge in [0.2, 0.25) is 5.91 Å². The molecule has 1 N–H and O–H groups in total. The van der Waals surface area contributed by atoms with Gasteiger partial charge in [-0.2, -0.15) is 0 Å². The second kappa shape index (κ2) is 9.46. The lowest BCUT2D eigenvalue weighted by Gasteiger charge is -2.21. The Hall–Kier alpha value is -2.83. The smallest absolute Gasteiger partial charge is 0.274 e. The highest BCUT2D eigenvalue weighted by atomic mass is 19.1. The van der Waals surface area contributed by atoms with Gasteiger partial charge in [-0.25, -0.2) is 9.37 Å². The molecule has 0 atom stereocenters. The van der Waals surface area contributed by atoms with Gasteiger partial charge in [-0.15, -0.1) is 0 Å². The van der Waals surface area contributed by atoms with Crippen molar-refractivity contribution in [2.45, 2.75) is 26.2 Å². The summed E-state index contributed by atoms with van der Waals surface area (Å²) < 4.78 is 12.9. The molecule has 1 heterocycles. The minimum absolute atomic E-state index is 0.146. The Bertz CT molecular complexity index is 692. The average Bonchev–Trinajstić information content (AvgIpc) is 2.64. The molecule has 2 amide bonds. The molecule has 0 radical (unpaired) electrons. The van der Waals surface area contributed by atoms with Crippen molar-refractivity contribution in [2.24, 2.45) is 0 Å². The van der Waals surface area contributed by atoms with E-state index < -0.39 is 0 Å². The van der Waals surface area contributed by atoms with Crippen molar-refractivity contribution in [3.63, 3.8) is 0 Å². The molecule has 0 fully saturated rings. The maximum absolute atomic E-state index is 12.9. The Kier molecular flexibility index (Phi) is 7.00. The van der Waals surface area contributed by atoms with Crippen LogP contribution in [0.2, 0.25) is 0 Å². The minimum Gasteiger partial charge on any atom is -0.337 e. The van der Waals surface area contributed by atoms with Crippen LogP contribution < -0.4 is 5.32 Å². The molecule has 0 spiro atoms. The van der Waals surface area contributed by atoms with E-state index in [1.807, 2.05) is 6.92 Å². The molecule has 1 aromatic carbocycles. The van der Waals surface area contributed by atoms with Crippen molar-refractivity contribution in [3.05, 3.63) is 54.4 Å². The van der Waals surface area contributed by atoms with E-state index in [1.165, 1.54) is 42.9 Å². The second-order valence-electron chi connectivity index (χ2n) is 5.54. The van der Waals surface area contributed by atoms with Crippen molar-refractivity contribution < 1.29 is 14.0 Å². The average molecular weight is 344 g/mol. The van der Waals surface area contributed by atoms with Crippen molar-refractivity contribution in [1.82, 2.24) is 14.9 Å². The van der Waals surface area contributed by atoms with Crippen LogP contribution in [0.3, 0.4) is 0 Å². The Morgan fingerprint density at radius 2 is 1.92 bits per heavy atom. The van der Waals surface area contributed by atoms with Crippen molar-refractivity contribution in [1.29, 1.82) is 0 Å². The van der Waals surface area contributed by atoms with E-state index in [2.05, 4.69) is 15.3 Å². The molecule has 132 valence electrons. The SMILES string of the molecule is CCCCN(CCC(=O)Nc1ccc(F)cc1)C(=O)c1cnccn1. The first kappa shape index (κ1) is 18.5. The summed E-state index contributed by atoms with van der Waals surface area (Å²) in [7, 11) is 0. The second-order valence-corrected chi connectivity index (χ2v) is 5.54. The number of hydrogen-bond donors (Lipinski definition) is 1. The van der Waals surface area contributed by atoms with Crippen LogP contribution in [0, 0.1) is 5.82 Å². The van der Waals surface area contributed by atoms with Gasteiger partial charge in [0.25, 0.3) is 5.91 Å². The number of rotatable bonds is 8. The van der Waals surface area contributed by atoms with Crippen LogP contribution >= 0.6 is 0 Å². The number of hydrogen-bond acceptors (Lipinski definition) is 4. The number of halogens is 1. The lowest BCUT2D eigenvalue weighted by molar-refractivity contribution is -0.116. The summed E-state index contributed by atoms with van der Waals surface area (Å²) in [6.45, 7) is 2.87. The van der Waals surface area contributed by atoms with Gasteiger partial charge in [0.05, 0.1) is 6.20 Å². The van der Waals surface area contributed by atoms with Gasteiger partial charge in [0, 0.05) is 37.6 Å². The molecular formula is C18H21FN4O2. The number of benzene rings is 1. The molecule has 2 rings (SSSR count). The maximum atomic E-state index is 12.9. The van der Waals surface area contributed by atoms with Crippen LogP contribution in [0.1, 0.15) is 36.7 Å². The van der Waals surface area contributed by atoms with Crippen LogP contribution in [0.4, 0.5) is 10.1 Å². The van der Waals surface area contributed by atoms with Gasteiger partial charge in [-0.3, -0.25) is 14.6 Å². The molecule has 0 aliphatic heterocycles. The molecule has 1 aromatic heterocycles. The fourth-order valence-electron chi connectivity index (χ4n) is 2.23. The zero-order chi connectivity index (χ0) is 18.1. The Morgan fingerprint density at radius 3 is 2.56 bits per heavy atom. The molecule has 0 bridgehead atoms. The van der Waals surface area contributed by atoms with Crippen LogP contribution in [0.25, 0.3) is 0 Å². The molecular weight excluding hydrogens is 323 g/mol. The van der Waals surface area contributed by atoms with Crippen molar-refractivity contribution >= 4 is 17.5 Å². The fourth-order valence-corrected chi connectivity index (χ4v) is 2.23. The summed E-state index contributed by atoms with van der Waals surface area (Å²) in [6.07, 6.45) is 6.31. The Morgan fingerprint density at radius 1 is 1.16 bits per heavy atom. The molecule has 7 heteroatoms. The molecule has 0 unspecified atom stereocenters. The fraction of sp³-hybridized carbons (Fsp3) is 0.333. The largest absolute Gasteiger partial charge is 0.337 e. The Labute approximate surface area is 146 Å². The van der Waals surface area contributed by atoms with E-state index in [1.54, 1.807) is 4.90 Å². The number of aromatic nitrogens is 2. The number of anilines is 1. The standard InChI is InChI=1S/C18H21FN4O2/c1-2-3-11-23(18(25)16-13-20-9-10-21-16)12-8-17(24)22-15-6-4-14(19)5-7-15/h4-7,9-10,13H,2-3,8,11-12H2,1H3,(H,22,24). The van der Waals surface area contributed by atoms with Gasteiger partial charge in [0.1, 0.15) is 11.5 Å². The predicted octanol–water partition coefficient (Wildman–Crippen LogP) is 2.89. The molecule has 0 saturated carbocycles. The first-order chi connectivity index (χ1) is 12.1. The van der Waals surface area contributed by atoms with E-state index in [4.69, 9.17) is 0 Å². The third-order valence-corrected chi connectivity index (χ3v) is 3.59. The van der Waals surface area contributed by atoms with E-state index in [0.717, 1.165) is 12.8 Å². The molecule has 0 aliphatic rings. The van der Waals surface area contributed by atoms with Crippen LogP contribution in [0.15, 0.2) is 42.9 Å². The highest BCUT2D eigenvalue weighted by molar-refractivity contribution is 5.93.